The average molecular weight is 436 g/mol. The number of carbonyl (C=O) groups excluding carboxylic acids is 2. The van der Waals surface area contributed by atoms with Gasteiger partial charge >= 0.3 is 6.03 Å². The first-order chi connectivity index (χ1) is 14.3. The first-order valence-electron chi connectivity index (χ1n) is 9.60. The number of benzene rings is 1. The summed E-state index contributed by atoms with van der Waals surface area (Å²) in [6, 6.07) is 5.69. The fourth-order valence-electron chi connectivity index (χ4n) is 4.01. The summed E-state index contributed by atoms with van der Waals surface area (Å²) in [5.74, 6) is -2.63. The van der Waals surface area contributed by atoms with Gasteiger partial charge in [-0.15, -0.1) is 0 Å². The van der Waals surface area contributed by atoms with Gasteiger partial charge in [0.25, 0.3) is 0 Å². The predicted octanol–water partition coefficient (Wildman–Crippen LogP) is 3.83. The third kappa shape index (κ3) is 3.84. The molecule has 0 saturated heterocycles. The summed E-state index contributed by atoms with van der Waals surface area (Å²) in [6.07, 6.45) is 1.72. The topological polar surface area (TPSA) is 80.3 Å². The summed E-state index contributed by atoms with van der Waals surface area (Å²) < 4.78 is 34.0. The number of methoxy groups -OCH3 is 1. The lowest BCUT2D eigenvalue weighted by Gasteiger charge is -2.24. The molecule has 9 heteroatoms. The molecule has 1 heterocycles. The van der Waals surface area contributed by atoms with E-state index < -0.39 is 35.2 Å². The second-order valence-electron chi connectivity index (χ2n) is 7.62. The predicted molar refractivity (Wildman–Crippen MR) is 106 cm³/mol. The second kappa shape index (κ2) is 7.83. The van der Waals surface area contributed by atoms with Crippen molar-refractivity contribution in [2.24, 2.45) is 0 Å². The van der Waals surface area contributed by atoms with Crippen LogP contribution in [0.3, 0.4) is 0 Å². The number of rotatable bonds is 5. The lowest BCUT2D eigenvalue weighted by atomic mass is 9.92. The number of urea groups is 1. The van der Waals surface area contributed by atoms with Crippen LogP contribution in [0.25, 0.3) is 0 Å². The standard InChI is InChI=1S/C21H20ClF2N3O3/c1-30-11-9-13(23)18(14(24)10-11)12-5-6-15(28)19(12)26-20(29)27-21(7-8-21)16-3-2-4-17(22)25-16/h2-4,9-10,12,19H,5-8H2,1H3,(H2,26,27,29)/t12-,19-/m0/s1. The molecule has 2 fully saturated rings. The summed E-state index contributed by atoms with van der Waals surface area (Å²) in [6.45, 7) is 0. The Kier molecular flexibility index (Phi) is 5.36. The molecule has 2 aliphatic carbocycles. The fourth-order valence-corrected chi connectivity index (χ4v) is 4.17. The van der Waals surface area contributed by atoms with Crippen LogP contribution >= 0.6 is 11.6 Å². The van der Waals surface area contributed by atoms with Crippen LogP contribution < -0.4 is 15.4 Å². The molecular formula is C21H20ClF2N3O3. The van der Waals surface area contributed by atoms with Crippen LogP contribution in [0.15, 0.2) is 30.3 Å². The number of aromatic nitrogens is 1. The van der Waals surface area contributed by atoms with Crippen molar-refractivity contribution < 1.29 is 23.1 Å². The number of amides is 2. The lowest BCUT2D eigenvalue weighted by molar-refractivity contribution is -0.119. The maximum absolute atomic E-state index is 14.5. The van der Waals surface area contributed by atoms with Gasteiger partial charge in [0.2, 0.25) is 0 Å². The molecule has 2 aromatic rings. The smallest absolute Gasteiger partial charge is 0.316 e. The van der Waals surface area contributed by atoms with Gasteiger partial charge in [-0.2, -0.15) is 0 Å². The molecular weight excluding hydrogens is 416 g/mol. The molecule has 2 amide bonds. The SMILES string of the molecule is COc1cc(F)c([C@@H]2CCC(=O)[C@H]2NC(=O)NC2(c3cccc(Cl)n3)CC2)c(F)c1. The highest BCUT2D eigenvalue weighted by Gasteiger charge is 2.48. The van der Waals surface area contributed by atoms with Crippen molar-refractivity contribution in [3.8, 4) is 5.75 Å². The minimum absolute atomic E-state index is 0.0463. The molecule has 1 aromatic heterocycles. The van der Waals surface area contributed by atoms with Crippen molar-refractivity contribution in [3.63, 3.8) is 0 Å². The first-order valence-corrected chi connectivity index (χ1v) is 9.98. The molecule has 6 nitrogen and oxygen atoms in total. The second-order valence-corrected chi connectivity index (χ2v) is 8.01. The first kappa shape index (κ1) is 20.5. The fraction of sp³-hybridized carbons (Fsp3) is 0.381. The zero-order valence-corrected chi connectivity index (χ0v) is 16.9. The quantitative estimate of drug-likeness (QED) is 0.699. The largest absolute Gasteiger partial charge is 0.497 e. The number of pyridine rings is 1. The van der Waals surface area contributed by atoms with E-state index in [-0.39, 0.29) is 29.9 Å². The van der Waals surface area contributed by atoms with Crippen LogP contribution in [0, 0.1) is 11.6 Å². The van der Waals surface area contributed by atoms with Gasteiger partial charge in [0, 0.05) is 30.0 Å². The van der Waals surface area contributed by atoms with E-state index in [1.54, 1.807) is 18.2 Å². The average Bonchev–Trinajstić information content (AvgIpc) is 3.40. The van der Waals surface area contributed by atoms with Gasteiger partial charge in [-0.1, -0.05) is 17.7 Å². The summed E-state index contributed by atoms with van der Waals surface area (Å²) >= 11 is 5.95. The maximum Gasteiger partial charge on any atom is 0.316 e. The van der Waals surface area contributed by atoms with Gasteiger partial charge in [-0.25, -0.2) is 18.6 Å². The van der Waals surface area contributed by atoms with Crippen molar-refractivity contribution >= 4 is 23.4 Å². The molecule has 0 spiro atoms. The molecule has 0 bridgehead atoms. The summed E-state index contributed by atoms with van der Waals surface area (Å²) in [7, 11) is 1.31. The Morgan fingerprint density at radius 2 is 1.97 bits per heavy atom. The van der Waals surface area contributed by atoms with Crippen LogP contribution in [0.2, 0.25) is 5.15 Å². The number of halogens is 3. The van der Waals surface area contributed by atoms with Crippen LogP contribution in [0.1, 0.15) is 42.9 Å². The molecule has 2 N–H and O–H groups in total. The van der Waals surface area contributed by atoms with Crippen LogP contribution in [-0.4, -0.2) is 29.9 Å². The highest BCUT2D eigenvalue weighted by Crippen LogP contribution is 2.45. The number of carbonyl (C=O) groups is 2. The van der Waals surface area contributed by atoms with E-state index in [1.807, 2.05) is 0 Å². The van der Waals surface area contributed by atoms with Crippen LogP contribution in [-0.2, 0) is 10.3 Å². The number of ketones is 1. The van der Waals surface area contributed by atoms with Gasteiger partial charge in [0.05, 0.1) is 24.4 Å². The van der Waals surface area contributed by atoms with Crippen molar-refractivity contribution in [2.75, 3.05) is 7.11 Å². The molecule has 1 aromatic carbocycles. The third-order valence-corrected chi connectivity index (χ3v) is 5.92. The van der Waals surface area contributed by atoms with Crippen molar-refractivity contribution in [1.29, 1.82) is 0 Å². The van der Waals surface area contributed by atoms with E-state index in [0.717, 1.165) is 12.1 Å². The van der Waals surface area contributed by atoms with E-state index in [9.17, 15) is 18.4 Å². The van der Waals surface area contributed by atoms with E-state index >= 15 is 0 Å². The number of nitrogens with zero attached hydrogens (tertiary/aromatic N) is 1. The highest BCUT2D eigenvalue weighted by molar-refractivity contribution is 6.29. The Morgan fingerprint density at radius 3 is 2.57 bits per heavy atom. The number of nitrogens with one attached hydrogen (secondary N) is 2. The number of hydrogen-bond donors (Lipinski definition) is 2. The van der Waals surface area contributed by atoms with Crippen LogP contribution in [0.5, 0.6) is 5.75 Å². The molecule has 2 saturated carbocycles. The normalized spacial score (nSPS) is 21.9. The Balaban J connectivity index is 1.52. The highest BCUT2D eigenvalue weighted by atomic mass is 35.5. The molecule has 0 radical (unpaired) electrons. The molecule has 2 aliphatic rings. The zero-order chi connectivity index (χ0) is 21.5. The summed E-state index contributed by atoms with van der Waals surface area (Å²) in [4.78, 5) is 29.3. The minimum atomic E-state index is -1.02. The maximum atomic E-state index is 14.5. The Bertz CT molecular complexity index is 990. The summed E-state index contributed by atoms with van der Waals surface area (Å²) in [5.41, 5.74) is -0.237. The summed E-state index contributed by atoms with van der Waals surface area (Å²) in [5, 5.41) is 5.78. The van der Waals surface area contributed by atoms with Gasteiger partial charge in [-0.05, 0) is 31.4 Å². The third-order valence-electron chi connectivity index (χ3n) is 5.70. The van der Waals surface area contributed by atoms with Gasteiger partial charge in [0.15, 0.2) is 5.78 Å². The Labute approximate surface area is 177 Å². The minimum Gasteiger partial charge on any atom is -0.497 e. The van der Waals surface area contributed by atoms with E-state index in [4.69, 9.17) is 16.3 Å². The van der Waals surface area contributed by atoms with Gasteiger partial charge < -0.3 is 15.4 Å². The number of hydrogen-bond acceptors (Lipinski definition) is 4. The number of Topliss-reactive ketones (excluding diaryl/α,β-unsaturated/α-hetero) is 1. The Hall–Kier alpha value is -2.74. The monoisotopic (exact) mass is 435 g/mol. The molecule has 158 valence electrons. The molecule has 0 aliphatic heterocycles. The van der Waals surface area contributed by atoms with Gasteiger partial charge in [0.1, 0.15) is 22.5 Å². The molecule has 2 atom stereocenters. The number of ether oxygens (including phenoxy) is 1. The molecule has 0 unspecified atom stereocenters. The van der Waals surface area contributed by atoms with Gasteiger partial charge in [-0.3, -0.25) is 4.79 Å². The van der Waals surface area contributed by atoms with Crippen molar-refractivity contribution in [2.45, 2.75) is 43.2 Å². The van der Waals surface area contributed by atoms with E-state index in [2.05, 4.69) is 15.6 Å². The van der Waals surface area contributed by atoms with Crippen molar-refractivity contribution in [3.05, 3.63) is 58.4 Å². The van der Waals surface area contributed by atoms with E-state index in [0.29, 0.717) is 23.7 Å². The van der Waals surface area contributed by atoms with Crippen molar-refractivity contribution in [1.82, 2.24) is 15.6 Å². The lowest BCUT2D eigenvalue weighted by Crippen LogP contribution is -2.49. The zero-order valence-electron chi connectivity index (χ0n) is 16.2. The molecule has 30 heavy (non-hydrogen) atoms. The van der Waals surface area contributed by atoms with Crippen LogP contribution in [0.4, 0.5) is 13.6 Å². The molecule has 4 rings (SSSR count). The van der Waals surface area contributed by atoms with E-state index in [1.165, 1.54) is 7.11 Å². The Morgan fingerprint density at radius 1 is 1.27 bits per heavy atom.